The number of carbonyl (C=O) groups excluding carboxylic acids is 3. The third kappa shape index (κ3) is 5.54. The topological polar surface area (TPSA) is 104 Å². The van der Waals surface area contributed by atoms with E-state index in [1.54, 1.807) is 6.07 Å². The zero-order valence-electron chi connectivity index (χ0n) is 20.1. The highest BCUT2D eigenvalue weighted by Crippen LogP contribution is 2.30. The Hall–Kier alpha value is -4.05. The molecule has 0 saturated carbocycles. The van der Waals surface area contributed by atoms with E-state index in [0.717, 1.165) is 5.56 Å². The number of benzene rings is 3. The minimum atomic E-state index is -4.08. The molecule has 3 aromatic rings. The van der Waals surface area contributed by atoms with Crippen molar-refractivity contribution in [2.45, 2.75) is 30.3 Å². The second kappa shape index (κ2) is 10.9. The van der Waals surface area contributed by atoms with Gasteiger partial charge in [0.2, 0.25) is 11.8 Å². The number of carbonyl (C=O) groups is 3. The molecule has 0 aromatic heterocycles. The van der Waals surface area contributed by atoms with Crippen LogP contribution in [0.3, 0.4) is 0 Å². The third-order valence-corrected chi connectivity index (χ3v) is 8.06. The largest absolute Gasteiger partial charge is 0.357 e. The molecule has 1 atom stereocenters. The molecule has 0 bridgehead atoms. The van der Waals surface area contributed by atoms with Crippen LogP contribution < -0.4 is 5.32 Å². The van der Waals surface area contributed by atoms with Gasteiger partial charge in [0.1, 0.15) is 16.8 Å². The summed E-state index contributed by atoms with van der Waals surface area (Å²) in [6.45, 7) is -0.384. The molecule has 4 rings (SSSR count). The summed E-state index contributed by atoms with van der Waals surface area (Å²) in [7, 11) is -2.61. The number of sulfonamides is 1. The van der Waals surface area contributed by atoms with Crippen LogP contribution in [-0.2, 0) is 32.6 Å². The van der Waals surface area contributed by atoms with E-state index in [-0.39, 0.29) is 36.4 Å². The van der Waals surface area contributed by atoms with Gasteiger partial charge in [0.15, 0.2) is 0 Å². The zero-order valence-corrected chi connectivity index (χ0v) is 20.9. The van der Waals surface area contributed by atoms with Crippen molar-refractivity contribution in [3.63, 3.8) is 0 Å². The van der Waals surface area contributed by atoms with Crippen LogP contribution >= 0.6 is 0 Å². The monoisotopic (exact) mass is 523 g/mol. The molecule has 3 aromatic carbocycles. The average Bonchev–Trinajstić information content (AvgIpc) is 3.10. The minimum Gasteiger partial charge on any atom is -0.357 e. The maximum absolute atomic E-state index is 13.6. The number of amides is 3. The molecule has 1 aliphatic heterocycles. The number of hydrogen-bond donors (Lipinski definition) is 1. The van der Waals surface area contributed by atoms with Crippen molar-refractivity contribution in [2.75, 3.05) is 13.6 Å². The van der Waals surface area contributed by atoms with Gasteiger partial charge in [0.25, 0.3) is 15.9 Å². The molecule has 192 valence electrons. The van der Waals surface area contributed by atoms with Crippen LogP contribution in [-0.4, -0.2) is 55.0 Å². The summed E-state index contributed by atoms with van der Waals surface area (Å²) >= 11 is 0. The fourth-order valence-corrected chi connectivity index (χ4v) is 5.87. The number of likely N-dealkylation sites (N-methyl/N-ethyl adjacent to an activating group) is 1. The van der Waals surface area contributed by atoms with Crippen LogP contribution in [0.4, 0.5) is 4.39 Å². The normalized spacial score (nSPS) is 14.6. The molecule has 1 aliphatic rings. The molecule has 0 fully saturated rings. The van der Waals surface area contributed by atoms with Crippen LogP contribution in [0.25, 0.3) is 0 Å². The molecule has 0 radical (unpaired) electrons. The van der Waals surface area contributed by atoms with E-state index in [1.165, 1.54) is 54.4 Å². The molecule has 1 unspecified atom stereocenters. The Morgan fingerprint density at radius 1 is 0.946 bits per heavy atom. The smallest absolute Gasteiger partial charge is 0.269 e. The van der Waals surface area contributed by atoms with Gasteiger partial charge < -0.3 is 10.2 Å². The van der Waals surface area contributed by atoms with E-state index in [9.17, 15) is 27.2 Å². The molecule has 10 heteroatoms. The van der Waals surface area contributed by atoms with Crippen LogP contribution in [0.2, 0.25) is 0 Å². The first kappa shape index (κ1) is 26.0. The van der Waals surface area contributed by atoms with Crippen molar-refractivity contribution in [1.82, 2.24) is 14.5 Å². The van der Waals surface area contributed by atoms with E-state index >= 15 is 0 Å². The Morgan fingerprint density at radius 2 is 1.59 bits per heavy atom. The predicted molar refractivity (Wildman–Crippen MR) is 134 cm³/mol. The van der Waals surface area contributed by atoms with E-state index in [1.807, 2.05) is 30.3 Å². The van der Waals surface area contributed by atoms with Gasteiger partial charge in [-0.1, -0.05) is 54.6 Å². The molecule has 0 spiro atoms. The Bertz CT molecular complexity index is 1410. The zero-order chi connectivity index (χ0) is 26.6. The maximum atomic E-state index is 13.6. The standard InChI is InChI=1S/C27H26FN3O5S/c1-29-26(33)23(17-19-7-3-2-4-8-19)30(18-20-11-13-21(28)14-12-20)25(32)15-16-31-27(34)22-9-5-6-10-24(22)37(31,35)36/h2-14,23H,15-18H2,1H3,(H,29,33). The highest BCUT2D eigenvalue weighted by Gasteiger charge is 2.41. The number of fused-ring (bicyclic) bond motifs is 1. The summed E-state index contributed by atoms with van der Waals surface area (Å²) in [5.41, 5.74) is 1.47. The van der Waals surface area contributed by atoms with Crippen LogP contribution in [0.1, 0.15) is 27.9 Å². The lowest BCUT2D eigenvalue weighted by atomic mass is 10.0. The summed E-state index contributed by atoms with van der Waals surface area (Å²) in [5.74, 6) is -2.06. The minimum absolute atomic E-state index is 0.00897. The van der Waals surface area contributed by atoms with Crippen molar-refractivity contribution in [3.05, 3.63) is 101 Å². The second-order valence-corrected chi connectivity index (χ2v) is 10.4. The maximum Gasteiger partial charge on any atom is 0.269 e. The summed E-state index contributed by atoms with van der Waals surface area (Å²) in [6.07, 6.45) is -0.123. The van der Waals surface area contributed by atoms with E-state index < -0.39 is 39.6 Å². The summed E-state index contributed by atoms with van der Waals surface area (Å²) < 4.78 is 40.0. The number of nitrogens with zero attached hydrogens (tertiary/aromatic N) is 2. The molecule has 8 nitrogen and oxygen atoms in total. The Kier molecular flexibility index (Phi) is 7.68. The Labute approximate surface area is 214 Å². The molecule has 1 N–H and O–H groups in total. The predicted octanol–water partition coefficient (Wildman–Crippen LogP) is 2.75. The average molecular weight is 524 g/mol. The van der Waals surface area contributed by atoms with Crippen molar-refractivity contribution in [3.8, 4) is 0 Å². The summed E-state index contributed by atoms with van der Waals surface area (Å²) in [4.78, 5) is 40.5. The van der Waals surface area contributed by atoms with Crippen LogP contribution in [0.5, 0.6) is 0 Å². The van der Waals surface area contributed by atoms with Gasteiger partial charge in [-0.2, -0.15) is 0 Å². The highest BCUT2D eigenvalue weighted by atomic mass is 32.2. The number of hydrogen-bond acceptors (Lipinski definition) is 5. The lowest BCUT2D eigenvalue weighted by Crippen LogP contribution is -2.50. The lowest BCUT2D eigenvalue weighted by Gasteiger charge is -2.31. The van der Waals surface area contributed by atoms with Gasteiger partial charge in [0, 0.05) is 33.0 Å². The first-order valence-corrected chi connectivity index (χ1v) is 13.1. The molecular weight excluding hydrogens is 497 g/mol. The lowest BCUT2D eigenvalue weighted by molar-refractivity contribution is -0.141. The molecule has 37 heavy (non-hydrogen) atoms. The van der Waals surface area contributed by atoms with Crippen LogP contribution in [0, 0.1) is 5.82 Å². The van der Waals surface area contributed by atoms with Gasteiger partial charge in [0.05, 0.1) is 5.56 Å². The Morgan fingerprint density at radius 3 is 2.24 bits per heavy atom. The highest BCUT2D eigenvalue weighted by molar-refractivity contribution is 7.90. The van der Waals surface area contributed by atoms with Crippen molar-refractivity contribution in [1.29, 1.82) is 0 Å². The summed E-state index contributed by atoms with van der Waals surface area (Å²) in [6, 6.07) is 19.7. The Balaban J connectivity index is 1.61. The van der Waals surface area contributed by atoms with Gasteiger partial charge in [-0.3, -0.25) is 14.4 Å². The van der Waals surface area contributed by atoms with E-state index in [4.69, 9.17) is 0 Å². The number of halogens is 1. The van der Waals surface area contributed by atoms with Crippen molar-refractivity contribution >= 4 is 27.7 Å². The van der Waals surface area contributed by atoms with Crippen molar-refractivity contribution in [2.24, 2.45) is 0 Å². The number of rotatable bonds is 9. The number of nitrogens with one attached hydrogen (secondary N) is 1. The molecule has 3 amide bonds. The van der Waals surface area contributed by atoms with Crippen LogP contribution in [0.15, 0.2) is 83.8 Å². The molecule has 0 aliphatic carbocycles. The van der Waals surface area contributed by atoms with Gasteiger partial charge in [-0.05, 0) is 35.4 Å². The van der Waals surface area contributed by atoms with E-state index in [0.29, 0.717) is 9.87 Å². The fourth-order valence-electron chi connectivity index (χ4n) is 4.30. The summed E-state index contributed by atoms with van der Waals surface area (Å²) in [5, 5.41) is 2.59. The third-order valence-electron chi connectivity index (χ3n) is 6.22. The molecule has 1 heterocycles. The fraction of sp³-hybridized carbons (Fsp3) is 0.222. The van der Waals surface area contributed by atoms with Gasteiger partial charge in [-0.15, -0.1) is 0 Å². The molecular formula is C27H26FN3O5S. The van der Waals surface area contributed by atoms with Crippen molar-refractivity contribution < 1.29 is 27.2 Å². The molecule has 0 saturated heterocycles. The van der Waals surface area contributed by atoms with Gasteiger partial charge >= 0.3 is 0 Å². The first-order valence-electron chi connectivity index (χ1n) is 11.7. The first-order chi connectivity index (χ1) is 17.7. The SMILES string of the molecule is CNC(=O)C(Cc1ccccc1)N(Cc1ccc(F)cc1)C(=O)CCN1C(=O)c2ccccc2S1(=O)=O. The van der Waals surface area contributed by atoms with E-state index in [2.05, 4.69) is 5.32 Å². The quantitative estimate of drug-likeness (QED) is 0.465. The second-order valence-electron chi connectivity index (χ2n) is 8.60. The van der Waals surface area contributed by atoms with Gasteiger partial charge in [-0.25, -0.2) is 17.1 Å².